The maximum Gasteiger partial charge on any atom is 0.260 e. The van der Waals surface area contributed by atoms with E-state index in [1.807, 2.05) is 6.07 Å². The summed E-state index contributed by atoms with van der Waals surface area (Å²) < 4.78 is 19.0. The summed E-state index contributed by atoms with van der Waals surface area (Å²) in [6.07, 6.45) is 0. The molecule has 0 aliphatic rings. The van der Waals surface area contributed by atoms with Gasteiger partial charge in [0.1, 0.15) is 0 Å². The standard InChI is InChI=1S/C17H16FN3O2/c1-2-23-15-8-7-11(9-13(15)18)10-19-17-20-14-6-4-3-5-12(14)16(22)21-17/h3-9H,2,10H2,1H3,(H2,19,20,21,22). The molecule has 0 saturated carbocycles. The molecule has 3 rings (SSSR count). The molecule has 2 N–H and O–H groups in total. The SMILES string of the molecule is CCOc1ccc(CNc2nc3ccccc3c(=O)[nH]2)cc1F. The molecule has 0 bridgehead atoms. The third-order valence-corrected chi connectivity index (χ3v) is 3.37. The van der Waals surface area contributed by atoms with Gasteiger partial charge < -0.3 is 10.1 Å². The Labute approximate surface area is 132 Å². The number of anilines is 1. The van der Waals surface area contributed by atoms with Crippen LogP contribution in [0.25, 0.3) is 10.9 Å². The monoisotopic (exact) mass is 313 g/mol. The lowest BCUT2D eigenvalue weighted by atomic mass is 10.2. The number of rotatable bonds is 5. The van der Waals surface area contributed by atoms with Gasteiger partial charge in [-0.1, -0.05) is 18.2 Å². The minimum absolute atomic E-state index is 0.212. The zero-order chi connectivity index (χ0) is 16.2. The van der Waals surface area contributed by atoms with Crippen LogP contribution in [0.5, 0.6) is 5.75 Å². The highest BCUT2D eigenvalue weighted by molar-refractivity contribution is 5.78. The largest absolute Gasteiger partial charge is 0.491 e. The number of fused-ring (bicyclic) bond motifs is 1. The van der Waals surface area contributed by atoms with Crippen molar-refractivity contribution < 1.29 is 9.13 Å². The fourth-order valence-corrected chi connectivity index (χ4v) is 2.28. The maximum atomic E-state index is 13.8. The van der Waals surface area contributed by atoms with Crippen LogP contribution in [0.15, 0.2) is 47.3 Å². The molecule has 2 aromatic carbocycles. The smallest absolute Gasteiger partial charge is 0.260 e. The lowest BCUT2D eigenvalue weighted by Gasteiger charge is -2.09. The number of aromatic nitrogens is 2. The van der Waals surface area contributed by atoms with E-state index in [9.17, 15) is 9.18 Å². The van der Waals surface area contributed by atoms with Crippen molar-refractivity contribution in [3.63, 3.8) is 0 Å². The number of aromatic amines is 1. The van der Waals surface area contributed by atoms with Crippen LogP contribution in [0.1, 0.15) is 12.5 Å². The molecule has 5 nitrogen and oxygen atoms in total. The normalized spacial score (nSPS) is 10.7. The Hall–Kier alpha value is -2.89. The summed E-state index contributed by atoms with van der Waals surface area (Å²) in [5.74, 6) is 0.169. The highest BCUT2D eigenvalue weighted by atomic mass is 19.1. The number of nitrogens with zero attached hydrogens (tertiary/aromatic N) is 1. The van der Waals surface area contributed by atoms with Gasteiger partial charge in [-0.05, 0) is 36.8 Å². The summed E-state index contributed by atoms with van der Waals surface area (Å²) in [4.78, 5) is 19.0. The Morgan fingerprint density at radius 1 is 1.26 bits per heavy atom. The van der Waals surface area contributed by atoms with Crippen LogP contribution in [0.2, 0.25) is 0 Å². The Morgan fingerprint density at radius 3 is 2.87 bits per heavy atom. The molecule has 0 radical (unpaired) electrons. The van der Waals surface area contributed by atoms with Gasteiger partial charge in [-0.3, -0.25) is 9.78 Å². The predicted molar refractivity (Wildman–Crippen MR) is 87.3 cm³/mol. The zero-order valence-electron chi connectivity index (χ0n) is 12.6. The van der Waals surface area contributed by atoms with E-state index >= 15 is 0 Å². The van der Waals surface area contributed by atoms with E-state index in [4.69, 9.17) is 4.74 Å². The summed E-state index contributed by atoms with van der Waals surface area (Å²) in [5.41, 5.74) is 1.12. The minimum Gasteiger partial charge on any atom is -0.491 e. The molecule has 0 amide bonds. The van der Waals surface area contributed by atoms with Crippen molar-refractivity contribution in [2.45, 2.75) is 13.5 Å². The van der Waals surface area contributed by atoms with Gasteiger partial charge in [-0.2, -0.15) is 0 Å². The molecule has 23 heavy (non-hydrogen) atoms. The highest BCUT2D eigenvalue weighted by Crippen LogP contribution is 2.18. The lowest BCUT2D eigenvalue weighted by Crippen LogP contribution is -2.13. The summed E-state index contributed by atoms with van der Waals surface area (Å²) in [7, 11) is 0. The van der Waals surface area contributed by atoms with E-state index in [2.05, 4.69) is 15.3 Å². The van der Waals surface area contributed by atoms with Gasteiger partial charge in [0.25, 0.3) is 5.56 Å². The Kier molecular flexibility index (Phi) is 4.23. The number of hydrogen-bond donors (Lipinski definition) is 2. The van der Waals surface area contributed by atoms with Crippen molar-refractivity contribution in [1.82, 2.24) is 9.97 Å². The molecule has 0 spiro atoms. The van der Waals surface area contributed by atoms with Crippen LogP contribution in [-0.2, 0) is 6.54 Å². The second-order valence-electron chi connectivity index (χ2n) is 4.98. The number of benzene rings is 2. The molecule has 1 aromatic heterocycles. The fourth-order valence-electron chi connectivity index (χ4n) is 2.28. The van der Waals surface area contributed by atoms with Crippen molar-refractivity contribution in [2.75, 3.05) is 11.9 Å². The van der Waals surface area contributed by atoms with E-state index in [0.29, 0.717) is 30.0 Å². The fraction of sp³-hybridized carbons (Fsp3) is 0.176. The predicted octanol–water partition coefficient (Wildman–Crippen LogP) is 3.07. The van der Waals surface area contributed by atoms with Gasteiger partial charge in [0.05, 0.1) is 17.5 Å². The molecule has 0 aliphatic heterocycles. The van der Waals surface area contributed by atoms with Crippen LogP contribution >= 0.6 is 0 Å². The molecule has 0 atom stereocenters. The highest BCUT2D eigenvalue weighted by Gasteiger charge is 2.06. The number of ether oxygens (including phenoxy) is 1. The Morgan fingerprint density at radius 2 is 2.09 bits per heavy atom. The van der Waals surface area contributed by atoms with Crippen LogP contribution in [0, 0.1) is 5.82 Å². The van der Waals surface area contributed by atoms with E-state index in [1.165, 1.54) is 6.07 Å². The van der Waals surface area contributed by atoms with Crippen LogP contribution < -0.4 is 15.6 Å². The zero-order valence-corrected chi connectivity index (χ0v) is 12.6. The molecule has 0 fully saturated rings. The Bertz CT molecular complexity index is 892. The minimum atomic E-state index is -0.411. The van der Waals surface area contributed by atoms with Gasteiger partial charge in [0, 0.05) is 6.54 Å². The van der Waals surface area contributed by atoms with Crippen LogP contribution in [-0.4, -0.2) is 16.6 Å². The first-order chi connectivity index (χ1) is 11.2. The maximum absolute atomic E-state index is 13.8. The van der Waals surface area contributed by atoms with Gasteiger partial charge in [0.15, 0.2) is 11.6 Å². The summed E-state index contributed by atoms with van der Waals surface area (Å²) in [6.45, 7) is 2.55. The van der Waals surface area contributed by atoms with Gasteiger partial charge in [0.2, 0.25) is 5.95 Å². The van der Waals surface area contributed by atoms with Crippen molar-refractivity contribution in [3.8, 4) is 5.75 Å². The van der Waals surface area contributed by atoms with Gasteiger partial charge >= 0.3 is 0 Å². The molecule has 0 saturated heterocycles. The van der Waals surface area contributed by atoms with Crippen LogP contribution in [0.3, 0.4) is 0 Å². The first kappa shape index (κ1) is 15.0. The molecule has 0 aliphatic carbocycles. The quantitative estimate of drug-likeness (QED) is 0.759. The van der Waals surface area contributed by atoms with Crippen molar-refractivity contribution >= 4 is 16.9 Å². The van der Waals surface area contributed by atoms with Crippen molar-refractivity contribution in [3.05, 3.63) is 64.2 Å². The third kappa shape index (κ3) is 3.31. The second-order valence-corrected chi connectivity index (χ2v) is 4.98. The molecule has 118 valence electrons. The first-order valence-electron chi connectivity index (χ1n) is 7.31. The van der Waals surface area contributed by atoms with Gasteiger partial charge in [-0.15, -0.1) is 0 Å². The number of hydrogen-bond acceptors (Lipinski definition) is 4. The van der Waals surface area contributed by atoms with Gasteiger partial charge in [-0.25, -0.2) is 9.37 Å². The average Bonchev–Trinajstić information content (AvgIpc) is 2.55. The first-order valence-corrected chi connectivity index (χ1v) is 7.31. The molecule has 3 aromatic rings. The van der Waals surface area contributed by atoms with Crippen LogP contribution in [0.4, 0.5) is 10.3 Å². The topological polar surface area (TPSA) is 67.0 Å². The number of halogens is 1. The third-order valence-electron chi connectivity index (χ3n) is 3.37. The molecule has 6 heteroatoms. The van der Waals surface area contributed by atoms with E-state index < -0.39 is 5.82 Å². The molecular formula is C17H16FN3O2. The average molecular weight is 313 g/mol. The van der Waals surface area contributed by atoms with E-state index in [0.717, 1.165) is 5.56 Å². The van der Waals surface area contributed by atoms with Crippen molar-refractivity contribution in [1.29, 1.82) is 0 Å². The van der Waals surface area contributed by atoms with E-state index in [1.54, 1.807) is 37.3 Å². The number of H-pyrrole nitrogens is 1. The molecule has 1 heterocycles. The number of para-hydroxylation sites is 1. The lowest BCUT2D eigenvalue weighted by molar-refractivity contribution is 0.321. The van der Waals surface area contributed by atoms with E-state index in [-0.39, 0.29) is 11.3 Å². The Balaban J connectivity index is 1.78. The summed E-state index contributed by atoms with van der Waals surface area (Å²) >= 11 is 0. The summed E-state index contributed by atoms with van der Waals surface area (Å²) in [6, 6.07) is 11.8. The molecular weight excluding hydrogens is 297 g/mol. The molecule has 0 unspecified atom stereocenters. The van der Waals surface area contributed by atoms with Crippen molar-refractivity contribution in [2.24, 2.45) is 0 Å². The number of nitrogens with one attached hydrogen (secondary N) is 2. The summed E-state index contributed by atoms with van der Waals surface area (Å²) in [5, 5.41) is 3.53. The second kappa shape index (κ2) is 6.48.